The van der Waals surface area contributed by atoms with E-state index < -0.39 is 0 Å². The summed E-state index contributed by atoms with van der Waals surface area (Å²) in [5.41, 5.74) is 0. The maximum atomic E-state index is 5.33. The molecular formula is C11H20O3S. The first-order chi connectivity index (χ1) is 7.31. The zero-order valence-corrected chi connectivity index (χ0v) is 9.96. The quantitative estimate of drug-likeness (QED) is 0.337. The number of rotatable bonds is 11. The minimum absolute atomic E-state index is 0.310. The predicted octanol–water partition coefficient (Wildman–Crippen LogP) is 2.40. The normalized spacial score (nSPS) is 11.8. The molecule has 0 amide bonds. The fourth-order valence-electron chi connectivity index (χ4n) is 0.944. The molecule has 0 saturated carbocycles. The molecule has 0 bridgehead atoms. The highest BCUT2D eigenvalue weighted by atomic mass is 32.1. The highest BCUT2D eigenvalue weighted by Gasteiger charge is 2.02. The molecule has 15 heavy (non-hydrogen) atoms. The van der Waals surface area contributed by atoms with Crippen LogP contribution in [0.2, 0.25) is 0 Å². The van der Waals surface area contributed by atoms with Gasteiger partial charge in [0, 0.05) is 11.9 Å². The van der Waals surface area contributed by atoms with Crippen LogP contribution in [-0.4, -0.2) is 31.7 Å². The van der Waals surface area contributed by atoms with Crippen LogP contribution in [0.15, 0.2) is 25.7 Å². The average molecular weight is 232 g/mol. The molecule has 0 aromatic rings. The van der Waals surface area contributed by atoms with E-state index in [-0.39, 0.29) is 0 Å². The molecule has 1 atom stereocenters. The molecule has 0 spiro atoms. The lowest BCUT2D eigenvalue weighted by Crippen LogP contribution is -2.09. The van der Waals surface area contributed by atoms with Crippen LogP contribution < -0.4 is 0 Å². The predicted molar refractivity (Wildman–Crippen MR) is 65.1 cm³/mol. The van der Waals surface area contributed by atoms with E-state index in [9.17, 15) is 0 Å². The van der Waals surface area contributed by atoms with Crippen LogP contribution in [0, 0.1) is 0 Å². The Kier molecular flexibility index (Phi) is 11.0. The third-order valence-corrected chi connectivity index (χ3v) is 2.26. The molecule has 0 fully saturated rings. The van der Waals surface area contributed by atoms with Gasteiger partial charge in [0.25, 0.3) is 0 Å². The molecule has 0 aliphatic carbocycles. The third kappa shape index (κ3) is 11.3. The molecule has 0 rings (SSSR count). The summed E-state index contributed by atoms with van der Waals surface area (Å²) in [6.45, 7) is 9.41. The molecule has 0 radical (unpaired) electrons. The van der Waals surface area contributed by atoms with Gasteiger partial charge in [0.15, 0.2) is 0 Å². The smallest absolute Gasteiger partial charge is 0.111 e. The Morgan fingerprint density at radius 1 is 0.933 bits per heavy atom. The van der Waals surface area contributed by atoms with Crippen molar-refractivity contribution in [2.75, 3.05) is 26.4 Å². The van der Waals surface area contributed by atoms with E-state index in [2.05, 4.69) is 25.8 Å². The van der Waals surface area contributed by atoms with Gasteiger partial charge < -0.3 is 14.2 Å². The molecule has 0 aliphatic rings. The maximum Gasteiger partial charge on any atom is 0.111 e. The monoisotopic (exact) mass is 232 g/mol. The second-order valence-corrected chi connectivity index (χ2v) is 3.65. The summed E-state index contributed by atoms with van der Waals surface area (Å²) in [4.78, 5) is 0. The largest absolute Gasteiger partial charge is 0.502 e. The van der Waals surface area contributed by atoms with Gasteiger partial charge in [0.1, 0.15) is 6.61 Å². The van der Waals surface area contributed by atoms with Crippen LogP contribution in [-0.2, 0) is 14.2 Å². The zero-order chi connectivity index (χ0) is 11.4. The van der Waals surface area contributed by atoms with Gasteiger partial charge >= 0.3 is 0 Å². The fraction of sp³-hybridized carbons (Fsp3) is 0.636. The highest BCUT2D eigenvalue weighted by molar-refractivity contribution is 7.80. The second-order valence-electron chi connectivity index (χ2n) is 2.92. The lowest BCUT2D eigenvalue weighted by atomic mass is 10.2. The summed E-state index contributed by atoms with van der Waals surface area (Å²) in [6.07, 6.45) is 4.68. The van der Waals surface area contributed by atoms with Crippen molar-refractivity contribution in [3.05, 3.63) is 25.7 Å². The van der Waals surface area contributed by atoms with Gasteiger partial charge in [-0.2, -0.15) is 12.6 Å². The molecule has 0 heterocycles. The van der Waals surface area contributed by atoms with Crippen molar-refractivity contribution in [3.63, 3.8) is 0 Å². The Balaban J connectivity index is 3.12. The van der Waals surface area contributed by atoms with Gasteiger partial charge in [-0.3, -0.25) is 0 Å². The van der Waals surface area contributed by atoms with Gasteiger partial charge in [-0.05, 0) is 12.8 Å². The van der Waals surface area contributed by atoms with E-state index in [1.807, 2.05) is 0 Å². The third-order valence-electron chi connectivity index (χ3n) is 1.75. The van der Waals surface area contributed by atoms with Crippen molar-refractivity contribution in [2.45, 2.75) is 18.1 Å². The summed E-state index contributed by atoms with van der Waals surface area (Å²) < 4.78 is 15.2. The minimum Gasteiger partial charge on any atom is -0.502 e. The van der Waals surface area contributed by atoms with Crippen LogP contribution in [0.1, 0.15) is 12.8 Å². The van der Waals surface area contributed by atoms with Crippen molar-refractivity contribution in [3.8, 4) is 0 Å². The number of ether oxygens (including phenoxy) is 3. The van der Waals surface area contributed by atoms with Crippen LogP contribution in [0.25, 0.3) is 0 Å². The lowest BCUT2D eigenvalue weighted by Gasteiger charge is -2.10. The molecule has 88 valence electrons. The summed E-state index contributed by atoms with van der Waals surface area (Å²) in [5.74, 6) is 0. The Morgan fingerprint density at radius 2 is 1.53 bits per heavy atom. The van der Waals surface area contributed by atoms with Crippen molar-refractivity contribution in [2.24, 2.45) is 0 Å². The summed E-state index contributed by atoms with van der Waals surface area (Å²) >= 11 is 4.40. The first-order valence-electron chi connectivity index (χ1n) is 5.02. The van der Waals surface area contributed by atoms with Crippen LogP contribution in [0.3, 0.4) is 0 Å². The molecule has 0 aliphatic heterocycles. The molecule has 0 aromatic carbocycles. The molecule has 4 heteroatoms. The standard InChI is InChI=1S/C11H20O3S/c1-3-12-7-5-11(15)6-8-14-10-9-13-4-2/h3-4,11,15H,1-2,5-10H2. The van der Waals surface area contributed by atoms with E-state index in [0.717, 1.165) is 12.8 Å². The SMILES string of the molecule is C=COCCOCCC(S)CCOC=C. The molecule has 0 aromatic heterocycles. The van der Waals surface area contributed by atoms with E-state index in [4.69, 9.17) is 14.2 Å². The average Bonchev–Trinajstić information content (AvgIpc) is 2.23. The first-order valence-corrected chi connectivity index (χ1v) is 5.53. The van der Waals surface area contributed by atoms with Crippen LogP contribution >= 0.6 is 12.6 Å². The van der Waals surface area contributed by atoms with E-state index >= 15 is 0 Å². The second kappa shape index (κ2) is 11.5. The van der Waals surface area contributed by atoms with Crippen molar-refractivity contribution in [1.29, 1.82) is 0 Å². The Bertz CT molecular complexity index is 162. The fourth-order valence-corrected chi connectivity index (χ4v) is 1.15. The number of hydrogen-bond acceptors (Lipinski definition) is 4. The Labute approximate surface area is 97.5 Å². The summed E-state index contributed by atoms with van der Waals surface area (Å²) in [5, 5.41) is 0.310. The highest BCUT2D eigenvalue weighted by Crippen LogP contribution is 2.06. The minimum atomic E-state index is 0.310. The number of thiol groups is 1. The molecule has 0 N–H and O–H groups in total. The molecule has 1 unspecified atom stereocenters. The summed E-state index contributed by atoms with van der Waals surface area (Å²) in [7, 11) is 0. The van der Waals surface area contributed by atoms with E-state index in [1.165, 1.54) is 12.5 Å². The van der Waals surface area contributed by atoms with Gasteiger partial charge in [-0.1, -0.05) is 13.2 Å². The number of hydrogen-bond donors (Lipinski definition) is 1. The Hall–Kier alpha value is -0.610. The molecular weight excluding hydrogens is 212 g/mol. The summed E-state index contributed by atoms with van der Waals surface area (Å²) in [6, 6.07) is 0. The van der Waals surface area contributed by atoms with Gasteiger partial charge in [-0.15, -0.1) is 0 Å². The van der Waals surface area contributed by atoms with Crippen molar-refractivity contribution >= 4 is 12.6 Å². The van der Waals surface area contributed by atoms with Crippen molar-refractivity contribution in [1.82, 2.24) is 0 Å². The van der Waals surface area contributed by atoms with Gasteiger partial charge in [-0.25, -0.2) is 0 Å². The topological polar surface area (TPSA) is 27.7 Å². The lowest BCUT2D eigenvalue weighted by molar-refractivity contribution is 0.0826. The van der Waals surface area contributed by atoms with Crippen LogP contribution in [0.4, 0.5) is 0 Å². The molecule has 3 nitrogen and oxygen atoms in total. The first kappa shape index (κ1) is 14.4. The molecule has 0 saturated heterocycles. The van der Waals surface area contributed by atoms with Crippen LogP contribution in [0.5, 0.6) is 0 Å². The van der Waals surface area contributed by atoms with Gasteiger partial charge in [0.05, 0.1) is 25.7 Å². The van der Waals surface area contributed by atoms with E-state index in [1.54, 1.807) is 0 Å². The maximum absolute atomic E-state index is 5.33. The van der Waals surface area contributed by atoms with E-state index in [0.29, 0.717) is 31.7 Å². The van der Waals surface area contributed by atoms with Crippen molar-refractivity contribution < 1.29 is 14.2 Å². The Morgan fingerprint density at radius 3 is 2.20 bits per heavy atom. The zero-order valence-electron chi connectivity index (χ0n) is 9.06. The van der Waals surface area contributed by atoms with Gasteiger partial charge in [0.2, 0.25) is 0 Å².